The lowest BCUT2D eigenvalue weighted by Crippen LogP contribution is -2.41. The van der Waals surface area contributed by atoms with E-state index in [1.807, 2.05) is 0 Å². The minimum absolute atomic E-state index is 0.143. The fourth-order valence-electron chi connectivity index (χ4n) is 1.42. The molecule has 21 heavy (non-hydrogen) atoms. The Morgan fingerprint density at radius 3 is 2.38 bits per heavy atom. The predicted octanol–water partition coefficient (Wildman–Crippen LogP) is 4.44. The van der Waals surface area contributed by atoms with Crippen LogP contribution >= 0.6 is 11.6 Å². The molecule has 1 N–H and O–H groups in total. The minimum Gasteiger partial charge on any atom is -0.490 e. The van der Waals surface area contributed by atoms with E-state index < -0.39 is 14.3 Å². The summed E-state index contributed by atoms with van der Waals surface area (Å²) in [5.74, 6) is -0.537. The monoisotopic (exact) mass is 330 g/mol. The van der Waals surface area contributed by atoms with Gasteiger partial charge in [0, 0.05) is 0 Å². The summed E-state index contributed by atoms with van der Waals surface area (Å²) < 4.78 is 11.5. The van der Waals surface area contributed by atoms with Gasteiger partial charge in [0.1, 0.15) is 12.4 Å². The third kappa shape index (κ3) is 5.02. The Hall–Kier alpha value is -1.04. The van der Waals surface area contributed by atoms with Crippen molar-refractivity contribution in [1.29, 1.82) is 0 Å². The number of carbonyl (C=O) groups is 1. The average molecular weight is 331 g/mol. The van der Waals surface area contributed by atoms with Crippen LogP contribution in [0.1, 0.15) is 31.1 Å². The maximum absolute atomic E-state index is 10.8. The maximum atomic E-state index is 10.8. The third-order valence-electron chi connectivity index (χ3n) is 3.79. The van der Waals surface area contributed by atoms with Crippen molar-refractivity contribution in [3.63, 3.8) is 0 Å². The molecule has 4 nitrogen and oxygen atoms in total. The van der Waals surface area contributed by atoms with Gasteiger partial charge in [-0.05, 0) is 36.3 Å². The number of ether oxygens (including phenoxy) is 1. The molecule has 0 aliphatic carbocycles. The second kappa shape index (κ2) is 6.81. The largest absolute Gasteiger partial charge is 0.490 e. The molecule has 0 aliphatic heterocycles. The Kier molecular flexibility index (Phi) is 5.84. The van der Waals surface area contributed by atoms with E-state index in [1.54, 1.807) is 6.07 Å². The minimum atomic E-state index is -1.77. The van der Waals surface area contributed by atoms with Crippen molar-refractivity contribution < 1.29 is 19.1 Å². The highest BCUT2D eigenvalue weighted by molar-refractivity contribution is 6.74. The first kappa shape index (κ1) is 18.0. The molecular formula is C15H23ClO4Si. The fourth-order valence-corrected chi connectivity index (χ4v) is 2.68. The second-order valence-corrected chi connectivity index (χ2v) is 11.6. The second-order valence-electron chi connectivity index (χ2n) is 6.41. The Morgan fingerprint density at radius 1 is 1.29 bits per heavy atom. The molecule has 118 valence electrons. The van der Waals surface area contributed by atoms with E-state index in [1.165, 1.54) is 12.1 Å². The molecule has 0 aliphatic rings. The smallest absolute Gasteiger partial charge is 0.335 e. The molecule has 0 atom stereocenters. The summed E-state index contributed by atoms with van der Waals surface area (Å²) in [6, 6.07) is 4.42. The first-order valence-corrected chi connectivity index (χ1v) is 10.1. The Labute approximate surface area is 132 Å². The number of hydrogen-bond donors (Lipinski definition) is 1. The highest BCUT2D eigenvalue weighted by Crippen LogP contribution is 2.36. The molecule has 0 saturated heterocycles. The number of rotatable bonds is 6. The Bertz CT molecular complexity index is 509. The first-order valence-electron chi connectivity index (χ1n) is 6.84. The molecule has 0 amide bonds. The van der Waals surface area contributed by atoms with E-state index in [9.17, 15) is 4.79 Å². The lowest BCUT2D eigenvalue weighted by molar-refractivity contribution is 0.0697. The molecule has 6 heteroatoms. The number of carboxylic acid groups (broad SMARTS) is 1. The quantitative estimate of drug-likeness (QED) is 0.619. The van der Waals surface area contributed by atoms with Crippen LogP contribution in [0.2, 0.25) is 23.2 Å². The van der Waals surface area contributed by atoms with Crippen molar-refractivity contribution in [2.75, 3.05) is 13.2 Å². The van der Waals surface area contributed by atoms with Gasteiger partial charge in [0.2, 0.25) is 0 Å². The highest BCUT2D eigenvalue weighted by atomic mass is 35.5. The number of carboxylic acids is 1. The summed E-state index contributed by atoms with van der Waals surface area (Å²) in [5.41, 5.74) is 0.143. The van der Waals surface area contributed by atoms with Crippen LogP contribution in [0.15, 0.2) is 18.2 Å². The standard InChI is InChI=1S/C15H23ClO4Si/c1-15(2,3)21(4,5)20-9-8-19-13-7-6-11(14(17)18)10-12(13)16/h6-7,10H,8-9H2,1-5H3,(H,17,18). The van der Waals surface area contributed by atoms with E-state index in [0.717, 1.165) is 0 Å². The molecule has 0 bridgehead atoms. The van der Waals surface area contributed by atoms with Gasteiger partial charge in [-0.3, -0.25) is 0 Å². The van der Waals surface area contributed by atoms with Gasteiger partial charge in [0.05, 0.1) is 17.2 Å². The van der Waals surface area contributed by atoms with E-state index in [0.29, 0.717) is 24.0 Å². The van der Waals surface area contributed by atoms with Crippen molar-refractivity contribution in [3.05, 3.63) is 28.8 Å². The summed E-state index contributed by atoms with van der Waals surface area (Å²) in [6.07, 6.45) is 0. The molecule has 0 aromatic heterocycles. The van der Waals surface area contributed by atoms with Gasteiger partial charge >= 0.3 is 5.97 Å². The predicted molar refractivity (Wildman–Crippen MR) is 87.1 cm³/mol. The zero-order valence-corrected chi connectivity index (χ0v) is 15.0. The average Bonchev–Trinajstić information content (AvgIpc) is 2.34. The van der Waals surface area contributed by atoms with Crippen LogP contribution in [0.25, 0.3) is 0 Å². The van der Waals surface area contributed by atoms with Gasteiger partial charge in [0.25, 0.3) is 0 Å². The van der Waals surface area contributed by atoms with Crippen molar-refractivity contribution in [2.24, 2.45) is 0 Å². The van der Waals surface area contributed by atoms with Gasteiger partial charge in [-0.25, -0.2) is 4.79 Å². The molecule has 0 heterocycles. The first-order chi connectivity index (χ1) is 9.54. The molecule has 1 aromatic carbocycles. The van der Waals surface area contributed by atoms with Crippen LogP contribution in [-0.4, -0.2) is 32.6 Å². The van der Waals surface area contributed by atoms with Crippen LogP contribution in [-0.2, 0) is 4.43 Å². The van der Waals surface area contributed by atoms with Gasteiger partial charge in [-0.2, -0.15) is 0 Å². The molecular weight excluding hydrogens is 308 g/mol. The van der Waals surface area contributed by atoms with E-state index in [-0.39, 0.29) is 10.6 Å². The molecule has 1 rings (SSSR count). The topological polar surface area (TPSA) is 55.8 Å². The van der Waals surface area contributed by atoms with Gasteiger partial charge in [-0.15, -0.1) is 0 Å². The van der Waals surface area contributed by atoms with Crippen molar-refractivity contribution in [3.8, 4) is 5.75 Å². The number of aromatic carboxylic acids is 1. The van der Waals surface area contributed by atoms with Crippen molar-refractivity contribution in [2.45, 2.75) is 38.9 Å². The van der Waals surface area contributed by atoms with E-state index >= 15 is 0 Å². The van der Waals surface area contributed by atoms with E-state index in [4.69, 9.17) is 25.9 Å². The number of halogens is 1. The summed E-state index contributed by atoms with van der Waals surface area (Å²) in [5, 5.41) is 9.32. The molecule has 0 radical (unpaired) electrons. The van der Waals surface area contributed by atoms with Crippen LogP contribution in [0.4, 0.5) is 0 Å². The summed E-state index contributed by atoms with van der Waals surface area (Å²) >= 11 is 5.99. The van der Waals surface area contributed by atoms with Gasteiger partial charge in [-0.1, -0.05) is 32.4 Å². The van der Waals surface area contributed by atoms with Crippen LogP contribution in [0, 0.1) is 0 Å². The lowest BCUT2D eigenvalue weighted by atomic mass is 10.2. The molecule has 0 fully saturated rings. The maximum Gasteiger partial charge on any atom is 0.335 e. The zero-order valence-electron chi connectivity index (χ0n) is 13.2. The molecule has 0 saturated carbocycles. The van der Waals surface area contributed by atoms with Crippen LogP contribution in [0.5, 0.6) is 5.75 Å². The summed E-state index contributed by atoms with van der Waals surface area (Å²) in [4.78, 5) is 10.8. The van der Waals surface area contributed by atoms with Crippen LogP contribution in [0.3, 0.4) is 0 Å². The summed E-state index contributed by atoms with van der Waals surface area (Å²) in [6.45, 7) is 11.8. The highest BCUT2D eigenvalue weighted by Gasteiger charge is 2.36. The molecule has 0 unspecified atom stereocenters. The Morgan fingerprint density at radius 2 is 1.90 bits per heavy atom. The normalized spacial score (nSPS) is 12.3. The lowest BCUT2D eigenvalue weighted by Gasteiger charge is -2.36. The van der Waals surface area contributed by atoms with Crippen molar-refractivity contribution in [1.82, 2.24) is 0 Å². The fraction of sp³-hybridized carbons (Fsp3) is 0.533. The zero-order chi connectivity index (χ0) is 16.3. The number of benzene rings is 1. The Balaban J connectivity index is 2.52. The van der Waals surface area contributed by atoms with Crippen LogP contribution < -0.4 is 4.74 Å². The molecule has 0 spiro atoms. The van der Waals surface area contributed by atoms with Crippen molar-refractivity contribution >= 4 is 25.9 Å². The molecule has 1 aromatic rings. The number of hydrogen-bond acceptors (Lipinski definition) is 3. The SMILES string of the molecule is CC(C)(C)[Si](C)(C)OCCOc1ccc(C(=O)O)cc1Cl. The van der Waals surface area contributed by atoms with E-state index in [2.05, 4.69) is 33.9 Å². The summed E-state index contributed by atoms with van der Waals surface area (Å²) in [7, 11) is -1.77. The van der Waals surface area contributed by atoms with Gasteiger partial charge in [0.15, 0.2) is 8.32 Å². The van der Waals surface area contributed by atoms with Gasteiger partial charge < -0.3 is 14.3 Å². The third-order valence-corrected chi connectivity index (χ3v) is 8.62.